The van der Waals surface area contributed by atoms with Gasteiger partial charge in [-0.1, -0.05) is 0 Å². The van der Waals surface area contributed by atoms with E-state index in [4.69, 9.17) is 10.5 Å². The van der Waals surface area contributed by atoms with Gasteiger partial charge in [-0.15, -0.1) is 0 Å². The molecule has 0 bridgehead atoms. The molecule has 1 saturated carbocycles. The molecule has 1 aromatic carbocycles. The predicted octanol–water partition coefficient (Wildman–Crippen LogP) is 2.58. The number of anilines is 1. The van der Waals surface area contributed by atoms with E-state index in [9.17, 15) is 18.0 Å². The van der Waals surface area contributed by atoms with Crippen LogP contribution in [0.1, 0.15) is 35.2 Å². The molecule has 2 atom stereocenters. The van der Waals surface area contributed by atoms with Gasteiger partial charge in [0, 0.05) is 18.4 Å². The predicted molar refractivity (Wildman–Crippen MR) is 71.8 cm³/mol. The monoisotopic (exact) mass is 302 g/mol. The Hall–Kier alpha value is -1.76. The van der Waals surface area contributed by atoms with E-state index < -0.39 is 23.3 Å². The average molecular weight is 302 g/mol. The minimum atomic E-state index is -4.58. The van der Waals surface area contributed by atoms with Gasteiger partial charge < -0.3 is 15.8 Å². The summed E-state index contributed by atoms with van der Waals surface area (Å²) in [5.74, 6) is -0.547. The third kappa shape index (κ3) is 3.47. The fourth-order valence-electron chi connectivity index (χ4n) is 2.57. The molecule has 1 aliphatic rings. The van der Waals surface area contributed by atoms with Crippen LogP contribution in [0.25, 0.3) is 0 Å². The second-order valence-electron chi connectivity index (χ2n) is 5.08. The third-order valence-corrected chi connectivity index (χ3v) is 3.69. The van der Waals surface area contributed by atoms with E-state index in [-0.39, 0.29) is 17.7 Å². The van der Waals surface area contributed by atoms with Crippen molar-refractivity contribution in [2.75, 3.05) is 12.8 Å². The molecule has 2 rings (SSSR count). The summed E-state index contributed by atoms with van der Waals surface area (Å²) < 4.78 is 43.6. The highest BCUT2D eigenvalue weighted by molar-refractivity contribution is 5.95. The summed E-state index contributed by atoms with van der Waals surface area (Å²) in [6, 6.07) is 2.99. The second kappa shape index (κ2) is 5.93. The Morgan fingerprint density at radius 1 is 1.38 bits per heavy atom. The smallest absolute Gasteiger partial charge is 0.398 e. The van der Waals surface area contributed by atoms with Gasteiger partial charge in [-0.25, -0.2) is 0 Å². The van der Waals surface area contributed by atoms with Gasteiger partial charge in [-0.2, -0.15) is 13.2 Å². The normalized spacial score (nSPS) is 22.3. The fourth-order valence-corrected chi connectivity index (χ4v) is 2.57. The lowest BCUT2D eigenvalue weighted by atomic mass is 10.1. The Morgan fingerprint density at radius 2 is 2.10 bits per heavy atom. The van der Waals surface area contributed by atoms with Gasteiger partial charge in [0.2, 0.25) is 0 Å². The Bertz CT molecular complexity index is 531. The summed E-state index contributed by atoms with van der Waals surface area (Å²) in [5, 5.41) is 2.72. The number of carbonyl (C=O) groups excluding carboxylic acids is 1. The zero-order valence-corrected chi connectivity index (χ0v) is 11.5. The van der Waals surface area contributed by atoms with Gasteiger partial charge in [-0.3, -0.25) is 4.79 Å². The molecule has 7 heteroatoms. The maximum absolute atomic E-state index is 12.8. The van der Waals surface area contributed by atoms with Crippen LogP contribution in [-0.2, 0) is 10.9 Å². The number of nitrogens with two attached hydrogens (primary N) is 1. The molecule has 2 unspecified atom stereocenters. The lowest BCUT2D eigenvalue weighted by molar-refractivity contribution is -0.136. The number of benzene rings is 1. The molecule has 0 spiro atoms. The number of nitrogen functional groups attached to an aromatic ring is 1. The van der Waals surface area contributed by atoms with Crippen LogP contribution in [0.2, 0.25) is 0 Å². The van der Waals surface area contributed by atoms with Gasteiger partial charge in [0.15, 0.2) is 0 Å². The van der Waals surface area contributed by atoms with Crippen molar-refractivity contribution in [3.63, 3.8) is 0 Å². The highest BCUT2D eigenvalue weighted by Gasteiger charge is 2.34. The molecule has 0 aromatic heterocycles. The van der Waals surface area contributed by atoms with Crippen LogP contribution < -0.4 is 11.1 Å². The van der Waals surface area contributed by atoms with Crippen molar-refractivity contribution >= 4 is 11.6 Å². The quantitative estimate of drug-likeness (QED) is 0.844. The molecule has 1 aromatic rings. The standard InChI is InChI=1S/C14H17F3N2O2/c1-21-12-4-2-3-11(12)19-13(20)8-5-6-10(18)9(7-8)14(15,16)17/h5-7,11-12H,2-4,18H2,1H3,(H,19,20). The SMILES string of the molecule is COC1CCCC1NC(=O)c1ccc(N)c(C(F)(F)F)c1. The van der Waals surface area contributed by atoms with Crippen LogP contribution in [0.3, 0.4) is 0 Å². The Balaban J connectivity index is 2.16. The summed E-state index contributed by atoms with van der Waals surface area (Å²) >= 11 is 0. The van der Waals surface area contributed by atoms with E-state index in [1.54, 1.807) is 7.11 Å². The highest BCUT2D eigenvalue weighted by Crippen LogP contribution is 2.34. The molecule has 0 heterocycles. The first kappa shape index (κ1) is 15.6. The van der Waals surface area contributed by atoms with E-state index in [0.29, 0.717) is 0 Å². The van der Waals surface area contributed by atoms with Crippen LogP contribution >= 0.6 is 0 Å². The highest BCUT2D eigenvalue weighted by atomic mass is 19.4. The number of ether oxygens (including phenoxy) is 1. The van der Waals surface area contributed by atoms with Gasteiger partial charge >= 0.3 is 6.18 Å². The molecule has 21 heavy (non-hydrogen) atoms. The third-order valence-electron chi connectivity index (χ3n) is 3.69. The molecule has 0 saturated heterocycles. The number of hydrogen-bond donors (Lipinski definition) is 2. The molecule has 0 aliphatic heterocycles. The van der Waals surface area contributed by atoms with Crippen molar-refractivity contribution in [3.05, 3.63) is 29.3 Å². The minimum absolute atomic E-state index is 0.0571. The number of nitrogens with one attached hydrogen (secondary N) is 1. The van der Waals surface area contributed by atoms with E-state index in [0.717, 1.165) is 31.4 Å². The van der Waals surface area contributed by atoms with Crippen molar-refractivity contribution in [2.24, 2.45) is 0 Å². The van der Waals surface area contributed by atoms with Crippen LogP contribution in [0.15, 0.2) is 18.2 Å². The van der Waals surface area contributed by atoms with Crippen LogP contribution in [0.4, 0.5) is 18.9 Å². The summed E-state index contributed by atoms with van der Waals surface area (Å²) in [7, 11) is 1.56. The van der Waals surface area contributed by atoms with Crippen molar-refractivity contribution in [1.82, 2.24) is 5.32 Å². The van der Waals surface area contributed by atoms with Gasteiger partial charge in [0.25, 0.3) is 5.91 Å². The fraction of sp³-hybridized carbons (Fsp3) is 0.500. The first-order valence-corrected chi connectivity index (χ1v) is 6.63. The lowest BCUT2D eigenvalue weighted by Gasteiger charge is -2.20. The number of hydrogen-bond acceptors (Lipinski definition) is 3. The number of carbonyl (C=O) groups is 1. The zero-order chi connectivity index (χ0) is 15.6. The Labute approximate surface area is 120 Å². The summed E-state index contributed by atoms with van der Waals surface area (Å²) in [6.07, 6.45) is -2.17. The summed E-state index contributed by atoms with van der Waals surface area (Å²) in [6.45, 7) is 0. The number of methoxy groups -OCH3 is 1. The van der Waals surface area contributed by atoms with Crippen LogP contribution in [0, 0.1) is 0 Å². The summed E-state index contributed by atoms with van der Waals surface area (Å²) in [4.78, 5) is 12.1. The van der Waals surface area contributed by atoms with Gasteiger partial charge in [0.1, 0.15) is 0 Å². The van der Waals surface area contributed by atoms with Crippen molar-refractivity contribution < 1.29 is 22.7 Å². The van der Waals surface area contributed by atoms with Gasteiger partial charge in [0.05, 0.1) is 17.7 Å². The second-order valence-corrected chi connectivity index (χ2v) is 5.08. The minimum Gasteiger partial charge on any atom is -0.398 e. The number of amides is 1. The topological polar surface area (TPSA) is 64.3 Å². The maximum atomic E-state index is 12.8. The Kier molecular flexibility index (Phi) is 4.41. The molecule has 1 aliphatic carbocycles. The first-order valence-electron chi connectivity index (χ1n) is 6.63. The maximum Gasteiger partial charge on any atom is 0.418 e. The van der Waals surface area contributed by atoms with E-state index in [1.807, 2.05) is 0 Å². The molecule has 3 N–H and O–H groups in total. The largest absolute Gasteiger partial charge is 0.418 e. The van der Waals surface area contributed by atoms with Crippen LogP contribution in [0.5, 0.6) is 0 Å². The molecule has 1 amide bonds. The van der Waals surface area contributed by atoms with E-state index >= 15 is 0 Å². The molecule has 1 fully saturated rings. The molecule has 116 valence electrons. The van der Waals surface area contributed by atoms with Gasteiger partial charge in [-0.05, 0) is 37.5 Å². The van der Waals surface area contributed by atoms with Crippen molar-refractivity contribution in [1.29, 1.82) is 0 Å². The molecular formula is C14H17F3N2O2. The van der Waals surface area contributed by atoms with Crippen LogP contribution in [-0.4, -0.2) is 25.2 Å². The number of rotatable bonds is 3. The van der Waals surface area contributed by atoms with E-state index in [2.05, 4.69) is 5.32 Å². The Morgan fingerprint density at radius 3 is 2.71 bits per heavy atom. The lowest BCUT2D eigenvalue weighted by Crippen LogP contribution is -2.40. The molecule has 4 nitrogen and oxygen atoms in total. The summed E-state index contributed by atoms with van der Waals surface area (Å²) in [5.41, 5.74) is 3.86. The number of halogens is 3. The molecule has 0 radical (unpaired) electrons. The van der Waals surface area contributed by atoms with Crippen molar-refractivity contribution in [3.8, 4) is 0 Å². The number of alkyl halides is 3. The van der Waals surface area contributed by atoms with E-state index in [1.165, 1.54) is 6.07 Å². The first-order chi connectivity index (χ1) is 9.82. The van der Waals surface area contributed by atoms with Crippen molar-refractivity contribution in [2.45, 2.75) is 37.6 Å². The molecular weight excluding hydrogens is 285 g/mol. The zero-order valence-electron chi connectivity index (χ0n) is 11.5. The average Bonchev–Trinajstić information content (AvgIpc) is 2.85.